The Hall–Kier alpha value is -3.31. The maximum absolute atomic E-state index is 12.6. The highest BCUT2D eigenvalue weighted by Crippen LogP contribution is 2.29. The third kappa shape index (κ3) is 6.59. The molecule has 0 heterocycles. The third-order valence-corrected chi connectivity index (χ3v) is 5.28. The lowest BCUT2D eigenvalue weighted by Crippen LogP contribution is -2.86. The van der Waals surface area contributed by atoms with Gasteiger partial charge in [0.2, 0.25) is 0 Å². The molecule has 0 unspecified atom stereocenters. The van der Waals surface area contributed by atoms with Crippen molar-refractivity contribution in [3.05, 3.63) is 95.6 Å². The van der Waals surface area contributed by atoms with Gasteiger partial charge in [0.05, 0.1) is 7.11 Å². The van der Waals surface area contributed by atoms with E-state index in [9.17, 15) is 4.79 Å². The minimum atomic E-state index is 0.0890. The van der Waals surface area contributed by atoms with E-state index in [-0.39, 0.29) is 11.9 Å². The predicted molar refractivity (Wildman–Crippen MR) is 122 cm³/mol. The first-order valence-corrected chi connectivity index (χ1v) is 10.5. The summed E-state index contributed by atoms with van der Waals surface area (Å²) in [6, 6.07) is 26.3. The molecule has 0 aliphatic rings. The average Bonchev–Trinajstić information content (AvgIpc) is 2.82. The zero-order chi connectivity index (χ0) is 22.1. The molecule has 0 aliphatic heterocycles. The lowest BCUT2D eigenvalue weighted by molar-refractivity contribution is -0.683. The molecule has 0 radical (unpaired) electrons. The molecule has 0 fully saturated rings. The van der Waals surface area contributed by atoms with Crippen molar-refractivity contribution in [2.45, 2.75) is 26.1 Å². The number of hydrogen-bond donors (Lipinski definition) is 1. The van der Waals surface area contributed by atoms with Gasteiger partial charge in [-0.05, 0) is 30.2 Å². The fourth-order valence-corrected chi connectivity index (χ4v) is 3.35. The quantitative estimate of drug-likeness (QED) is 0.547. The summed E-state index contributed by atoms with van der Waals surface area (Å²) in [6.07, 6.45) is 0. The fourth-order valence-electron chi connectivity index (χ4n) is 3.35. The Kier molecular flexibility index (Phi) is 8.07. The Morgan fingerprint density at radius 1 is 0.935 bits per heavy atom. The number of likely N-dealkylation sites (N-methyl/N-ethyl adjacent to an activating group) is 1. The molecule has 0 aromatic heterocycles. The summed E-state index contributed by atoms with van der Waals surface area (Å²) in [5.41, 5.74) is 3.31. The highest BCUT2D eigenvalue weighted by atomic mass is 16.5. The molecule has 0 bridgehead atoms. The average molecular weight is 420 g/mol. The van der Waals surface area contributed by atoms with Crippen molar-refractivity contribution in [3.8, 4) is 11.5 Å². The zero-order valence-electron chi connectivity index (χ0n) is 18.5. The van der Waals surface area contributed by atoms with Crippen LogP contribution >= 0.6 is 0 Å². The number of methoxy groups -OCH3 is 1. The summed E-state index contributed by atoms with van der Waals surface area (Å²) < 4.78 is 11.4. The van der Waals surface area contributed by atoms with E-state index >= 15 is 0 Å². The Bertz CT molecular complexity index is 961. The van der Waals surface area contributed by atoms with E-state index in [1.807, 2.05) is 73.8 Å². The molecule has 2 N–H and O–H groups in total. The Labute approximate surface area is 184 Å². The molecule has 0 saturated carbocycles. The van der Waals surface area contributed by atoms with Gasteiger partial charge in [-0.3, -0.25) is 4.79 Å². The number of rotatable bonds is 10. The summed E-state index contributed by atoms with van der Waals surface area (Å²) in [6.45, 7) is 3.51. The fraction of sp³-hybridized carbons (Fsp3) is 0.269. The molecule has 0 aliphatic carbocycles. The minimum absolute atomic E-state index is 0.0890. The smallest absolute Gasteiger partial charge is 0.277 e. The molecule has 162 valence electrons. The van der Waals surface area contributed by atoms with E-state index in [1.165, 1.54) is 5.56 Å². The van der Waals surface area contributed by atoms with E-state index in [0.29, 0.717) is 31.2 Å². The van der Waals surface area contributed by atoms with Crippen LogP contribution in [0.2, 0.25) is 0 Å². The molecule has 1 amide bonds. The molecular formula is C26H31N2O3+. The summed E-state index contributed by atoms with van der Waals surface area (Å²) in [5.74, 6) is 1.44. The molecule has 0 spiro atoms. The van der Waals surface area contributed by atoms with Gasteiger partial charge in [0.25, 0.3) is 5.91 Å². The van der Waals surface area contributed by atoms with Gasteiger partial charge >= 0.3 is 0 Å². The Morgan fingerprint density at radius 3 is 2.29 bits per heavy atom. The topological polar surface area (TPSA) is 55.4 Å². The van der Waals surface area contributed by atoms with Crippen LogP contribution < -0.4 is 14.8 Å². The molecule has 3 aromatic carbocycles. The Morgan fingerprint density at radius 2 is 1.61 bits per heavy atom. The maximum Gasteiger partial charge on any atom is 0.277 e. The Balaban J connectivity index is 1.54. The number of quaternary nitrogens is 1. The van der Waals surface area contributed by atoms with Gasteiger partial charge < -0.3 is 19.7 Å². The second-order valence-corrected chi connectivity index (χ2v) is 7.65. The maximum atomic E-state index is 12.6. The van der Waals surface area contributed by atoms with Crippen LogP contribution in [0.1, 0.15) is 29.7 Å². The van der Waals surface area contributed by atoms with Crippen LogP contribution in [-0.4, -0.2) is 31.5 Å². The first kappa shape index (κ1) is 22.4. The van der Waals surface area contributed by atoms with Crippen LogP contribution in [0.4, 0.5) is 0 Å². The van der Waals surface area contributed by atoms with Crippen molar-refractivity contribution >= 4 is 5.91 Å². The predicted octanol–water partition coefficient (Wildman–Crippen LogP) is 3.56. The van der Waals surface area contributed by atoms with Crippen molar-refractivity contribution in [1.29, 1.82) is 0 Å². The van der Waals surface area contributed by atoms with Gasteiger partial charge in [-0.25, -0.2) is 0 Å². The third-order valence-electron chi connectivity index (χ3n) is 5.28. The van der Waals surface area contributed by atoms with Gasteiger partial charge in [0, 0.05) is 19.2 Å². The highest BCUT2D eigenvalue weighted by Gasteiger charge is 2.16. The monoisotopic (exact) mass is 419 g/mol. The summed E-state index contributed by atoms with van der Waals surface area (Å²) in [5, 5.41) is 2.06. The molecule has 3 aromatic rings. The molecule has 5 heteroatoms. The van der Waals surface area contributed by atoms with Crippen LogP contribution in [0.5, 0.6) is 11.5 Å². The molecule has 31 heavy (non-hydrogen) atoms. The largest absolute Gasteiger partial charge is 0.493 e. The number of amides is 1. The summed E-state index contributed by atoms with van der Waals surface area (Å²) >= 11 is 0. The van der Waals surface area contributed by atoms with Gasteiger partial charge in [-0.1, -0.05) is 66.7 Å². The number of nitrogens with two attached hydrogens (primary N) is 1. The number of benzene rings is 3. The number of ether oxygens (including phenoxy) is 2. The van der Waals surface area contributed by atoms with Crippen LogP contribution in [0.25, 0.3) is 0 Å². The SMILES string of the molecule is COc1cc(CN(C)C(=O)C[NH2+][C@H](C)c2ccccc2)ccc1OCc1ccccc1. The van der Waals surface area contributed by atoms with Crippen LogP contribution in [0.3, 0.4) is 0 Å². The number of carbonyl (C=O) groups excluding carboxylic acids is 1. The lowest BCUT2D eigenvalue weighted by atomic mass is 10.1. The summed E-state index contributed by atoms with van der Waals surface area (Å²) in [7, 11) is 3.46. The molecular weight excluding hydrogens is 388 g/mol. The van der Waals surface area contributed by atoms with Crippen molar-refractivity contribution in [2.75, 3.05) is 20.7 Å². The van der Waals surface area contributed by atoms with Crippen LogP contribution in [0.15, 0.2) is 78.9 Å². The second kappa shape index (κ2) is 11.2. The normalized spacial score (nSPS) is 11.6. The first-order chi connectivity index (χ1) is 15.1. The highest BCUT2D eigenvalue weighted by molar-refractivity contribution is 5.76. The van der Waals surface area contributed by atoms with E-state index in [2.05, 4.69) is 24.4 Å². The van der Waals surface area contributed by atoms with Crippen molar-refractivity contribution in [3.63, 3.8) is 0 Å². The van der Waals surface area contributed by atoms with Gasteiger partial charge in [-0.2, -0.15) is 0 Å². The van der Waals surface area contributed by atoms with E-state index in [4.69, 9.17) is 9.47 Å². The zero-order valence-corrected chi connectivity index (χ0v) is 18.5. The van der Waals surface area contributed by atoms with Gasteiger partial charge in [-0.15, -0.1) is 0 Å². The first-order valence-electron chi connectivity index (χ1n) is 10.5. The number of nitrogens with zero attached hydrogens (tertiary/aromatic N) is 1. The lowest BCUT2D eigenvalue weighted by Gasteiger charge is -2.19. The minimum Gasteiger partial charge on any atom is -0.493 e. The van der Waals surface area contributed by atoms with Crippen LogP contribution in [0, 0.1) is 0 Å². The van der Waals surface area contributed by atoms with Crippen LogP contribution in [-0.2, 0) is 17.9 Å². The van der Waals surface area contributed by atoms with E-state index in [1.54, 1.807) is 12.0 Å². The standard InChI is InChI=1S/C26H30N2O3/c1-20(23-12-8-5-9-13-23)27-17-26(29)28(2)18-22-14-15-24(25(16-22)30-3)31-19-21-10-6-4-7-11-21/h4-16,20,27H,17-19H2,1-3H3/p+1/t20-/m1/s1. The summed E-state index contributed by atoms with van der Waals surface area (Å²) in [4.78, 5) is 14.3. The van der Waals surface area contributed by atoms with Gasteiger partial charge in [0.1, 0.15) is 12.6 Å². The number of hydrogen-bond acceptors (Lipinski definition) is 3. The molecule has 5 nitrogen and oxygen atoms in total. The van der Waals surface area contributed by atoms with Crippen molar-refractivity contribution in [2.24, 2.45) is 0 Å². The molecule has 0 saturated heterocycles. The van der Waals surface area contributed by atoms with Gasteiger partial charge in [0.15, 0.2) is 18.0 Å². The van der Waals surface area contributed by atoms with Crippen molar-refractivity contribution < 1.29 is 19.6 Å². The van der Waals surface area contributed by atoms with E-state index in [0.717, 1.165) is 11.1 Å². The van der Waals surface area contributed by atoms with Crippen molar-refractivity contribution in [1.82, 2.24) is 4.90 Å². The second-order valence-electron chi connectivity index (χ2n) is 7.65. The number of carbonyl (C=O) groups is 1. The van der Waals surface area contributed by atoms with E-state index < -0.39 is 0 Å². The molecule has 1 atom stereocenters. The molecule has 3 rings (SSSR count).